The fraction of sp³-hybridized carbons (Fsp3) is 0.400. The molecule has 0 aliphatic carbocycles. The van der Waals surface area contributed by atoms with E-state index in [4.69, 9.17) is 11.6 Å². The van der Waals surface area contributed by atoms with Gasteiger partial charge in [0.05, 0.1) is 17.8 Å². The van der Waals surface area contributed by atoms with Crippen molar-refractivity contribution in [3.63, 3.8) is 0 Å². The molecule has 1 aromatic carbocycles. The first-order valence-corrected chi connectivity index (χ1v) is 9.54. The van der Waals surface area contributed by atoms with E-state index in [1.807, 2.05) is 6.92 Å². The van der Waals surface area contributed by atoms with E-state index in [2.05, 4.69) is 20.2 Å². The van der Waals surface area contributed by atoms with Gasteiger partial charge in [-0.15, -0.1) is 0 Å². The molecular weight excluding hydrogens is 378 g/mol. The van der Waals surface area contributed by atoms with Crippen molar-refractivity contribution < 1.29 is 9.59 Å². The van der Waals surface area contributed by atoms with Crippen LogP contribution in [-0.4, -0.2) is 65.3 Å². The van der Waals surface area contributed by atoms with Crippen LogP contribution < -0.4 is 5.32 Å². The summed E-state index contributed by atoms with van der Waals surface area (Å²) in [6.07, 6.45) is 2.48. The van der Waals surface area contributed by atoms with Crippen molar-refractivity contribution >= 4 is 29.1 Å². The van der Waals surface area contributed by atoms with E-state index in [1.54, 1.807) is 49.5 Å². The minimum atomic E-state index is -0.254. The Bertz CT molecular complexity index is 869. The zero-order valence-corrected chi connectivity index (χ0v) is 17.0. The smallest absolute Gasteiger partial charge is 0.259 e. The number of likely N-dealkylation sites (N-methyl/N-ethyl adjacent to an activating group) is 1. The van der Waals surface area contributed by atoms with Crippen LogP contribution in [0.4, 0.5) is 5.69 Å². The van der Waals surface area contributed by atoms with Gasteiger partial charge in [-0.3, -0.25) is 14.5 Å². The highest BCUT2D eigenvalue weighted by atomic mass is 35.5. The fourth-order valence-electron chi connectivity index (χ4n) is 3.16. The number of carbonyl (C=O) groups excluding carboxylic acids is 2. The lowest BCUT2D eigenvalue weighted by Crippen LogP contribution is -2.35. The van der Waals surface area contributed by atoms with E-state index >= 15 is 0 Å². The molecule has 2 amide bonds. The highest BCUT2D eigenvalue weighted by molar-refractivity contribution is 6.30. The number of aryl methyl sites for hydroxylation is 1. The summed E-state index contributed by atoms with van der Waals surface area (Å²) in [7, 11) is 3.52. The highest BCUT2D eigenvalue weighted by Crippen LogP contribution is 2.25. The first kappa shape index (κ1) is 20.2. The number of amides is 2. The molecule has 1 unspecified atom stereocenters. The molecule has 148 valence electrons. The maximum Gasteiger partial charge on any atom is 0.259 e. The molecule has 3 rings (SSSR count). The predicted octanol–water partition coefficient (Wildman–Crippen LogP) is 2.57. The van der Waals surface area contributed by atoms with Crippen molar-refractivity contribution in [3.05, 3.63) is 52.6 Å². The molecule has 8 heteroatoms. The molecule has 0 saturated carbocycles. The Hall–Kier alpha value is -2.51. The van der Waals surface area contributed by atoms with Gasteiger partial charge >= 0.3 is 0 Å². The molecule has 2 aromatic rings. The zero-order chi connectivity index (χ0) is 20.3. The summed E-state index contributed by atoms with van der Waals surface area (Å²) >= 11 is 5.87. The Labute approximate surface area is 169 Å². The van der Waals surface area contributed by atoms with Gasteiger partial charge in [0.2, 0.25) is 5.91 Å². The highest BCUT2D eigenvalue weighted by Gasteiger charge is 2.28. The van der Waals surface area contributed by atoms with Gasteiger partial charge in [-0.2, -0.15) is 0 Å². The summed E-state index contributed by atoms with van der Waals surface area (Å²) in [5, 5.41) is 3.44. The topological polar surface area (TPSA) is 78.4 Å². The number of rotatable bonds is 5. The Balaban J connectivity index is 1.64. The van der Waals surface area contributed by atoms with Crippen LogP contribution in [0, 0.1) is 6.92 Å². The van der Waals surface area contributed by atoms with E-state index in [0.717, 1.165) is 25.3 Å². The Morgan fingerprint density at radius 3 is 2.64 bits per heavy atom. The van der Waals surface area contributed by atoms with Gasteiger partial charge in [0.15, 0.2) is 0 Å². The van der Waals surface area contributed by atoms with Crippen molar-refractivity contribution in [2.24, 2.45) is 0 Å². The summed E-state index contributed by atoms with van der Waals surface area (Å²) in [4.78, 5) is 37.1. The largest absolute Gasteiger partial charge is 0.348 e. The Kier molecular flexibility index (Phi) is 6.26. The van der Waals surface area contributed by atoms with Crippen LogP contribution in [0.5, 0.6) is 0 Å². The number of halogens is 1. The standard InChI is InChI=1S/C20H24ClN5O2/c1-13-17(20(28)24-16-6-4-15(21)5-7-16)10-22-19(23-13)14-8-9-26(11-14)12-18(27)25(2)3/h4-7,10,14H,8-9,11-12H2,1-3H3,(H,24,28). The quantitative estimate of drug-likeness (QED) is 0.833. The molecule has 1 aliphatic rings. The van der Waals surface area contributed by atoms with Crippen molar-refractivity contribution in [3.8, 4) is 0 Å². The van der Waals surface area contributed by atoms with Gasteiger partial charge in [-0.1, -0.05) is 11.6 Å². The summed E-state index contributed by atoms with van der Waals surface area (Å²) < 4.78 is 0. The normalized spacial score (nSPS) is 16.8. The SMILES string of the molecule is Cc1nc(C2CCN(CC(=O)N(C)C)C2)ncc1C(=O)Nc1ccc(Cl)cc1. The summed E-state index contributed by atoms with van der Waals surface area (Å²) in [6.45, 7) is 3.80. The molecule has 1 aromatic heterocycles. The first-order chi connectivity index (χ1) is 13.3. The van der Waals surface area contributed by atoms with Gasteiger partial charge in [-0.05, 0) is 44.2 Å². The Morgan fingerprint density at radius 2 is 2.00 bits per heavy atom. The molecule has 1 atom stereocenters. The maximum atomic E-state index is 12.5. The third-order valence-electron chi connectivity index (χ3n) is 4.84. The number of nitrogens with one attached hydrogen (secondary N) is 1. The molecule has 0 bridgehead atoms. The van der Waals surface area contributed by atoms with E-state index in [-0.39, 0.29) is 17.7 Å². The van der Waals surface area contributed by atoms with Gasteiger partial charge in [0, 0.05) is 43.5 Å². The summed E-state index contributed by atoms with van der Waals surface area (Å²) in [6, 6.07) is 6.92. The number of hydrogen-bond donors (Lipinski definition) is 1. The molecular formula is C20H24ClN5O2. The second-order valence-corrected chi connectivity index (χ2v) is 7.63. The number of hydrogen-bond acceptors (Lipinski definition) is 5. The first-order valence-electron chi connectivity index (χ1n) is 9.16. The zero-order valence-electron chi connectivity index (χ0n) is 16.3. The third kappa shape index (κ3) is 4.85. The van der Waals surface area contributed by atoms with E-state index < -0.39 is 0 Å². The lowest BCUT2D eigenvalue weighted by Gasteiger charge is -2.18. The molecule has 28 heavy (non-hydrogen) atoms. The van der Waals surface area contributed by atoms with Crippen LogP contribution in [0.1, 0.15) is 34.2 Å². The monoisotopic (exact) mass is 401 g/mol. The van der Waals surface area contributed by atoms with E-state index in [9.17, 15) is 9.59 Å². The molecule has 0 spiro atoms. The van der Waals surface area contributed by atoms with Crippen molar-refractivity contribution in [2.45, 2.75) is 19.3 Å². The molecule has 2 heterocycles. The number of anilines is 1. The molecule has 1 aliphatic heterocycles. The van der Waals surface area contributed by atoms with Crippen LogP contribution in [0.2, 0.25) is 5.02 Å². The second kappa shape index (κ2) is 8.67. The van der Waals surface area contributed by atoms with Crippen LogP contribution in [0.15, 0.2) is 30.5 Å². The number of benzene rings is 1. The van der Waals surface area contributed by atoms with Crippen LogP contribution in [0.3, 0.4) is 0 Å². The Morgan fingerprint density at radius 1 is 1.29 bits per heavy atom. The number of carbonyl (C=O) groups is 2. The fourth-order valence-corrected chi connectivity index (χ4v) is 3.28. The minimum absolute atomic E-state index is 0.0898. The maximum absolute atomic E-state index is 12.5. The van der Waals surface area contributed by atoms with E-state index in [0.29, 0.717) is 28.5 Å². The van der Waals surface area contributed by atoms with Crippen LogP contribution >= 0.6 is 11.6 Å². The lowest BCUT2D eigenvalue weighted by atomic mass is 10.1. The van der Waals surface area contributed by atoms with Gasteiger partial charge in [0.1, 0.15) is 5.82 Å². The van der Waals surface area contributed by atoms with Crippen molar-refractivity contribution in [1.29, 1.82) is 0 Å². The lowest BCUT2D eigenvalue weighted by molar-refractivity contribution is -0.129. The average molecular weight is 402 g/mol. The molecule has 1 N–H and O–H groups in total. The molecule has 7 nitrogen and oxygen atoms in total. The average Bonchev–Trinajstić information content (AvgIpc) is 3.11. The third-order valence-corrected chi connectivity index (χ3v) is 5.09. The predicted molar refractivity (Wildman–Crippen MR) is 109 cm³/mol. The van der Waals surface area contributed by atoms with Gasteiger partial charge in [-0.25, -0.2) is 9.97 Å². The molecule has 1 saturated heterocycles. The van der Waals surface area contributed by atoms with E-state index in [1.165, 1.54) is 0 Å². The molecule has 1 fully saturated rings. The second-order valence-electron chi connectivity index (χ2n) is 7.20. The van der Waals surface area contributed by atoms with Gasteiger partial charge < -0.3 is 10.2 Å². The summed E-state index contributed by atoms with van der Waals surface area (Å²) in [5.74, 6) is 0.727. The number of aromatic nitrogens is 2. The summed E-state index contributed by atoms with van der Waals surface area (Å²) in [5.41, 5.74) is 1.74. The minimum Gasteiger partial charge on any atom is -0.348 e. The number of nitrogens with zero attached hydrogens (tertiary/aromatic N) is 4. The number of likely N-dealkylation sites (tertiary alicyclic amines) is 1. The molecule has 0 radical (unpaired) electrons. The van der Waals surface area contributed by atoms with Crippen LogP contribution in [-0.2, 0) is 4.79 Å². The van der Waals surface area contributed by atoms with Crippen LogP contribution in [0.25, 0.3) is 0 Å². The van der Waals surface area contributed by atoms with Gasteiger partial charge in [0.25, 0.3) is 5.91 Å². The van der Waals surface area contributed by atoms with Crippen molar-refractivity contribution in [2.75, 3.05) is 39.0 Å². The van der Waals surface area contributed by atoms with Crippen molar-refractivity contribution in [1.82, 2.24) is 19.8 Å².